The van der Waals surface area contributed by atoms with Crippen molar-refractivity contribution in [2.24, 2.45) is 0 Å². The summed E-state index contributed by atoms with van der Waals surface area (Å²) in [6.07, 6.45) is 1.67. The zero-order valence-corrected chi connectivity index (χ0v) is 20.2. The molecule has 0 fully saturated rings. The van der Waals surface area contributed by atoms with Crippen LogP contribution in [0, 0.1) is 0 Å². The van der Waals surface area contributed by atoms with Gasteiger partial charge >= 0.3 is 0 Å². The molecule has 34 heavy (non-hydrogen) atoms. The third kappa shape index (κ3) is 6.17. The van der Waals surface area contributed by atoms with Gasteiger partial charge in [-0.15, -0.1) is 0 Å². The van der Waals surface area contributed by atoms with Crippen LogP contribution in [0.1, 0.15) is 23.7 Å². The number of hydrogen-bond acceptors (Lipinski definition) is 7. The normalized spacial score (nSPS) is 13.6. The van der Waals surface area contributed by atoms with E-state index in [1.165, 1.54) is 13.0 Å². The maximum Gasteiger partial charge on any atom is 0.253 e. The largest absolute Gasteiger partial charge is 0.486 e. The molecule has 0 spiro atoms. The molecule has 184 valence electrons. The molecule has 0 radical (unpaired) electrons. The average molecular weight is 492 g/mol. The van der Waals surface area contributed by atoms with Gasteiger partial charge in [0.05, 0.1) is 23.2 Å². The van der Waals surface area contributed by atoms with Crippen molar-refractivity contribution < 1.29 is 32.2 Å². The third-order valence-corrected chi connectivity index (χ3v) is 6.35. The van der Waals surface area contributed by atoms with Crippen LogP contribution in [0.4, 0.5) is 11.4 Å². The summed E-state index contributed by atoms with van der Waals surface area (Å²) in [7, 11) is -2.26. The zero-order valence-electron chi connectivity index (χ0n) is 19.4. The molecule has 1 aliphatic rings. The minimum absolute atomic E-state index is 0.263. The lowest BCUT2D eigenvalue weighted by molar-refractivity contribution is -0.116. The van der Waals surface area contributed by atoms with E-state index in [0.29, 0.717) is 44.3 Å². The highest BCUT2D eigenvalue weighted by Crippen LogP contribution is 2.35. The van der Waals surface area contributed by atoms with Gasteiger partial charge in [0, 0.05) is 26.3 Å². The van der Waals surface area contributed by atoms with Crippen molar-refractivity contribution in [2.45, 2.75) is 19.4 Å². The van der Waals surface area contributed by atoms with Gasteiger partial charge in [-0.1, -0.05) is 12.1 Å². The molecule has 0 unspecified atom stereocenters. The van der Waals surface area contributed by atoms with Gasteiger partial charge in [-0.2, -0.15) is 0 Å². The highest BCUT2D eigenvalue weighted by Gasteiger charge is 2.31. The number of nitrogens with zero attached hydrogens (tertiary/aromatic N) is 1. The van der Waals surface area contributed by atoms with E-state index in [2.05, 4.69) is 10.6 Å². The molecule has 2 amide bonds. The fraction of sp³-hybridized carbons (Fsp3) is 0.391. The highest BCUT2D eigenvalue weighted by atomic mass is 32.2. The Morgan fingerprint density at radius 2 is 1.82 bits per heavy atom. The second-order valence-corrected chi connectivity index (χ2v) is 9.56. The number of carbonyl (C=O) groups excluding carboxylic acids is 2. The zero-order chi connectivity index (χ0) is 24.7. The predicted molar refractivity (Wildman–Crippen MR) is 128 cm³/mol. The van der Waals surface area contributed by atoms with Gasteiger partial charge in [-0.3, -0.25) is 13.9 Å². The summed E-state index contributed by atoms with van der Waals surface area (Å²) in [6.45, 7) is 3.14. The maximum atomic E-state index is 13.1. The quantitative estimate of drug-likeness (QED) is 0.488. The van der Waals surface area contributed by atoms with E-state index >= 15 is 0 Å². The number of benzene rings is 2. The molecular weight excluding hydrogens is 462 g/mol. The standard InChI is InChI=1S/C23H29N3O7S/c1-16(26(34(3,29)30)17-9-10-20-21(15-17)33-14-13-32-20)22(27)25-19-8-5-4-7-18(19)23(28)24-11-6-12-31-2/h4-5,7-10,15-16H,6,11-14H2,1-3H3,(H,24,28)(H,25,27)/t16-/m0/s1. The number of methoxy groups -OCH3 is 1. The van der Waals surface area contributed by atoms with Crippen molar-refractivity contribution in [2.75, 3.05) is 49.4 Å². The molecule has 1 atom stereocenters. The van der Waals surface area contributed by atoms with E-state index < -0.39 is 22.0 Å². The van der Waals surface area contributed by atoms with Crippen LogP contribution in [0.5, 0.6) is 11.5 Å². The fourth-order valence-electron chi connectivity index (χ4n) is 3.52. The second kappa shape index (κ2) is 11.2. The number of carbonyl (C=O) groups is 2. The first-order valence-electron chi connectivity index (χ1n) is 10.8. The number of amides is 2. The van der Waals surface area contributed by atoms with E-state index in [-0.39, 0.29) is 22.8 Å². The van der Waals surface area contributed by atoms with Gasteiger partial charge in [0.25, 0.3) is 5.91 Å². The lowest BCUT2D eigenvalue weighted by atomic mass is 10.1. The highest BCUT2D eigenvalue weighted by molar-refractivity contribution is 7.92. The minimum Gasteiger partial charge on any atom is -0.486 e. The van der Waals surface area contributed by atoms with Crippen molar-refractivity contribution >= 4 is 33.2 Å². The number of hydrogen-bond donors (Lipinski definition) is 2. The summed E-state index contributed by atoms with van der Waals surface area (Å²) < 4.78 is 42.3. The van der Waals surface area contributed by atoms with E-state index in [1.807, 2.05) is 0 Å². The van der Waals surface area contributed by atoms with Gasteiger partial charge in [-0.25, -0.2) is 8.42 Å². The van der Waals surface area contributed by atoms with Gasteiger partial charge in [0.1, 0.15) is 19.3 Å². The van der Waals surface area contributed by atoms with Crippen molar-refractivity contribution in [1.82, 2.24) is 5.32 Å². The molecule has 0 saturated heterocycles. The molecule has 2 aromatic rings. The van der Waals surface area contributed by atoms with Crippen molar-refractivity contribution in [1.29, 1.82) is 0 Å². The minimum atomic E-state index is -3.84. The van der Waals surface area contributed by atoms with Gasteiger partial charge in [-0.05, 0) is 37.6 Å². The van der Waals surface area contributed by atoms with E-state index in [0.717, 1.165) is 10.6 Å². The molecule has 0 saturated carbocycles. The number of anilines is 2. The number of rotatable bonds is 10. The topological polar surface area (TPSA) is 123 Å². The van der Waals surface area contributed by atoms with E-state index in [9.17, 15) is 18.0 Å². The van der Waals surface area contributed by atoms with Gasteiger partial charge in [0.2, 0.25) is 15.9 Å². The van der Waals surface area contributed by atoms with Gasteiger partial charge < -0.3 is 24.8 Å². The Kier molecular flexibility index (Phi) is 8.35. The molecule has 2 N–H and O–H groups in total. The summed E-state index contributed by atoms with van der Waals surface area (Å²) in [5.74, 6) is -0.0436. The number of sulfonamides is 1. The number of nitrogens with one attached hydrogen (secondary N) is 2. The van der Waals surface area contributed by atoms with Crippen LogP contribution >= 0.6 is 0 Å². The molecule has 10 nitrogen and oxygen atoms in total. The van der Waals surface area contributed by atoms with Crippen LogP contribution in [-0.2, 0) is 19.6 Å². The molecule has 1 aliphatic heterocycles. The van der Waals surface area contributed by atoms with E-state index in [1.54, 1.807) is 43.5 Å². The molecule has 11 heteroatoms. The van der Waals surface area contributed by atoms with Crippen LogP contribution < -0.4 is 24.4 Å². The number of ether oxygens (including phenoxy) is 3. The molecule has 0 aliphatic carbocycles. The summed E-state index contributed by atoms with van der Waals surface area (Å²) in [4.78, 5) is 25.7. The first-order valence-corrected chi connectivity index (χ1v) is 12.6. The Bertz CT molecular complexity index is 1140. The van der Waals surface area contributed by atoms with Crippen molar-refractivity contribution in [3.63, 3.8) is 0 Å². The molecule has 0 bridgehead atoms. The first-order chi connectivity index (χ1) is 16.2. The van der Waals surface area contributed by atoms with Crippen molar-refractivity contribution in [3.8, 4) is 11.5 Å². The smallest absolute Gasteiger partial charge is 0.253 e. The maximum absolute atomic E-state index is 13.1. The van der Waals surface area contributed by atoms with Gasteiger partial charge in [0.15, 0.2) is 11.5 Å². The fourth-order valence-corrected chi connectivity index (χ4v) is 4.69. The van der Waals surface area contributed by atoms with Crippen LogP contribution in [0.2, 0.25) is 0 Å². The lowest BCUT2D eigenvalue weighted by Gasteiger charge is -2.29. The van der Waals surface area contributed by atoms with E-state index in [4.69, 9.17) is 14.2 Å². The third-order valence-electron chi connectivity index (χ3n) is 5.11. The number of fused-ring (bicyclic) bond motifs is 1. The molecule has 3 rings (SSSR count). The SMILES string of the molecule is COCCCNC(=O)c1ccccc1NC(=O)[C@H](C)N(c1ccc2c(c1)OCCO2)S(C)(=O)=O. The molecule has 0 aromatic heterocycles. The summed E-state index contributed by atoms with van der Waals surface area (Å²) >= 11 is 0. The first kappa shape index (κ1) is 25.3. The summed E-state index contributed by atoms with van der Waals surface area (Å²) in [5, 5.41) is 5.47. The number of para-hydroxylation sites is 1. The van der Waals surface area contributed by atoms with Crippen LogP contribution in [-0.4, -0.2) is 66.0 Å². The van der Waals surface area contributed by atoms with Crippen LogP contribution in [0.3, 0.4) is 0 Å². The Morgan fingerprint density at radius 1 is 1.12 bits per heavy atom. The molecule has 1 heterocycles. The average Bonchev–Trinajstić information content (AvgIpc) is 2.81. The Labute approximate surface area is 199 Å². The van der Waals surface area contributed by atoms with Crippen LogP contribution in [0.15, 0.2) is 42.5 Å². The van der Waals surface area contributed by atoms with Crippen LogP contribution in [0.25, 0.3) is 0 Å². The monoisotopic (exact) mass is 491 g/mol. The molecular formula is C23H29N3O7S. The Balaban J connectivity index is 1.80. The summed E-state index contributed by atoms with van der Waals surface area (Å²) in [6, 6.07) is 10.1. The Morgan fingerprint density at radius 3 is 2.53 bits per heavy atom. The second-order valence-electron chi connectivity index (χ2n) is 7.70. The summed E-state index contributed by atoms with van der Waals surface area (Å²) in [5.41, 5.74) is 0.809. The predicted octanol–water partition coefficient (Wildman–Crippen LogP) is 2.02. The van der Waals surface area contributed by atoms with Crippen molar-refractivity contribution in [3.05, 3.63) is 48.0 Å². The molecule has 2 aromatic carbocycles. The Hall–Kier alpha value is -3.31. The lowest BCUT2D eigenvalue weighted by Crippen LogP contribution is -2.45.